The fraction of sp³-hybridized carbons (Fsp3) is 0.118. The van der Waals surface area contributed by atoms with Gasteiger partial charge in [-0.3, -0.25) is 9.36 Å². The minimum atomic E-state index is -0.478. The molecule has 0 aliphatic heterocycles. The lowest BCUT2D eigenvalue weighted by Crippen LogP contribution is -2.04. The molecule has 6 nitrogen and oxygen atoms in total. The lowest BCUT2D eigenvalue weighted by Gasteiger charge is -2.07. The molecule has 3 aromatic heterocycles. The molecule has 3 heterocycles. The van der Waals surface area contributed by atoms with Gasteiger partial charge in [0.25, 0.3) is 0 Å². The first kappa shape index (κ1) is 15.3. The normalized spacial score (nSPS) is 11.2. The third kappa shape index (κ3) is 3.06. The predicted octanol–water partition coefficient (Wildman–Crippen LogP) is 3.23. The van der Waals surface area contributed by atoms with Gasteiger partial charge in [-0.1, -0.05) is 0 Å². The average molecular weight is 340 g/mol. The molecule has 0 atom stereocenters. The van der Waals surface area contributed by atoms with Gasteiger partial charge in [0, 0.05) is 36.5 Å². The molecule has 126 valence electrons. The van der Waals surface area contributed by atoms with Gasteiger partial charge in [0.2, 0.25) is 0 Å². The Morgan fingerprint density at radius 3 is 2.76 bits per heavy atom. The molecule has 4 rings (SSSR count). The minimum absolute atomic E-state index is 0.128. The molecule has 0 amide bonds. The summed E-state index contributed by atoms with van der Waals surface area (Å²) in [6.45, 7) is 0.128. The topological polar surface area (TPSA) is 60.6 Å². The Morgan fingerprint density at radius 2 is 1.96 bits per heavy atom. The van der Waals surface area contributed by atoms with Gasteiger partial charge in [0.05, 0.1) is 30.1 Å². The Balaban J connectivity index is 1.67. The van der Waals surface area contributed by atoms with Crippen molar-refractivity contribution in [1.29, 1.82) is 0 Å². The van der Waals surface area contributed by atoms with Crippen molar-refractivity contribution >= 4 is 22.4 Å². The first-order chi connectivity index (χ1) is 12.1. The molecule has 0 saturated heterocycles. The summed E-state index contributed by atoms with van der Waals surface area (Å²) in [5.41, 5.74) is 1.81. The van der Waals surface area contributed by atoms with Gasteiger partial charge >= 0.3 is 0 Å². The minimum Gasteiger partial charge on any atom is -0.338 e. The Kier molecular flexibility index (Phi) is 3.64. The van der Waals surface area contributed by atoms with E-state index in [0.717, 1.165) is 28.7 Å². The molecular formula is C17H14F2N6. The Labute approximate surface area is 141 Å². The van der Waals surface area contributed by atoms with Crippen molar-refractivity contribution < 1.29 is 8.78 Å². The fourth-order valence-corrected chi connectivity index (χ4v) is 2.63. The second-order valence-corrected chi connectivity index (χ2v) is 5.69. The van der Waals surface area contributed by atoms with Gasteiger partial charge in [-0.25, -0.2) is 13.8 Å². The second kappa shape index (κ2) is 5.97. The number of anilines is 2. The third-order valence-corrected chi connectivity index (χ3v) is 3.83. The summed E-state index contributed by atoms with van der Waals surface area (Å²) >= 11 is 0. The van der Waals surface area contributed by atoms with Crippen LogP contribution < -0.4 is 5.32 Å². The van der Waals surface area contributed by atoms with E-state index in [1.807, 2.05) is 19.3 Å². The van der Waals surface area contributed by atoms with Crippen molar-refractivity contribution in [2.24, 2.45) is 7.05 Å². The van der Waals surface area contributed by atoms with Crippen LogP contribution in [0.25, 0.3) is 10.9 Å². The van der Waals surface area contributed by atoms with E-state index >= 15 is 0 Å². The quantitative estimate of drug-likeness (QED) is 0.620. The van der Waals surface area contributed by atoms with Crippen molar-refractivity contribution in [2.45, 2.75) is 6.54 Å². The number of halogens is 2. The van der Waals surface area contributed by atoms with E-state index in [2.05, 4.69) is 20.5 Å². The van der Waals surface area contributed by atoms with Crippen LogP contribution in [0.2, 0.25) is 0 Å². The molecular weight excluding hydrogens is 326 g/mol. The second-order valence-electron chi connectivity index (χ2n) is 5.69. The van der Waals surface area contributed by atoms with Crippen molar-refractivity contribution in [3.05, 3.63) is 66.3 Å². The van der Waals surface area contributed by atoms with Crippen molar-refractivity contribution in [2.75, 3.05) is 5.32 Å². The van der Waals surface area contributed by atoms with Crippen LogP contribution >= 0.6 is 0 Å². The van der Waals surface area contributed by atoms with Crippen LogP contribution in [0.4, 0.5) is 20.3 Å². The van der Waals surface area contributed by atoms with Crippen LogP contribution in [0.3, 0.4) is 0 Å². The van der Waals surface area contributed by atoms with Crippen LogP contribution in [0, 0.1) is 11.6 Å². The number of benzene rings is 1. The van der Waals surface area contributed by atoms with Crippen molar-refractivity contribution in [1.82, 2.24) is 24.5 Å². The summed E-state index contributed by atoms with van der Waals surface area (Å²) in [5, 5.41) is 12.3. The molecule has 0 unspecified atom stereocenters. The van der Waals surface area contributed by atoms with Gasteiger partial charge < -0.3 is 5.32 Å². The summed E-state index contributed by atoms with van der Waals surface area (Å²) in [6.07, 6.45) is 6.84. The highest BCUT2D eigenvalue weighted by Gasteiger charge is 2.10. The number of aromatic nitrogens is 5. The monoisotopic (exact) mass is 340 g/mol. The number of hydrogen-bond donors (Lipinski definition) is 1. The molecule has 0 saturated carbocycles. The SMILES string of the molecule is Cn1cc(Nc2cc3c(cn2)cnn3Cc2cc(F)ccc2F)cn1. The molecule has 0 spiro atoms. The van der Waals surface area contributed by atoms with Gasteiger partial charge in [-0.15, -0.1) is 0 Å². The third-order valence-electron chi connectivity index (χ3n) is 3.83. The summed E-state index contributed by atoms with van der Waals surface area (Å²) < 4.78 is 30.6. The van der Waals surface area contributed by atoms with Crippen molar-refractivity contribution in [3.8, 4) is 0 Å². The number of nitrogens with zero attached hydrogens (tertiary/aromatic N) is 5. The van der Waals surface area contributed by atoms with E-state index in [1.54, 1.807) is 28.0 Å². The summed E-state index contributed by atoms with van der Waals surface area (Å²) in [7, 11) is 1.82. The van der Waals surface area contributed by atoms with Gasteiger partial charge in [-0.05, 0) is 18.2 Å². The number of aryl methyl sites for hydroxylation is 1. The zero-order chi connectivity index (χ0) is 17.4. The van der Waals surface area contributed by atoms with E-state index in [0.29, 0.717) is 5.82 Å². The van der Waals surface area contributed by atoms with Crippen LogP contribution in [-0.2, 0) is 13.6 Å². The summed E-state index contributed by atoms with van der Waals surface area (Å²) in [4.78, 5) is 4.33. The smallest absolute Gasteiger partial charge is 0.132 e. The predicted molar refractivity (Wildman–Crippen MR) is 89.5 cm³/mol. The largest absolute Gasteiger partial charge is 0.338 e. The number of rotatable bonds is 4. The number of pyridine rings is 1. The molecule has 0 aliphatic rings. The molecule has 0 fully saturated rings. The standard InChI is InChI=1S/C17H14F2N6/c1-24-10-14(8-21-24)23-17-5-16-12(6-20-17)7-22-25(16)9-11-4-13(18)2-3-15(11)19/h2-8,10H,9H2,1H3,(H,20,23). The van der Waals surface area contributed by atoms with Crippen LogP contribution in [0.15, 0.2) is 49.1 Å². The lowest BCUT2D eigenvalue weighted by molar-refractivity contribution is 0.570. The van der Waals surface area contributed by atoms with E-state index in [1.165, 1.54) is 6.07 Å². The number of nitrogens with one attached hydrogen (secondary N) is 1. The Hall–Kier alpha value is -3.29. The highest BCUT2D eigenvalue weighted by atomic mass is 19.1. The van der Waals surface area contributed by atoms with Crippen molar-refractivity contribution in [3.63, 3.8) is 0 Å². The summed E-state index contributed by atoms with van der Waals surface area (Å²) in [6, 6.07) is 5.21. The maximum atomic E-state index is 13.9. The lowest BCUT2D eigenvalue weighted by atomic mass is 10.2. The molecule has 4 aromatic rings. The highest BCUT2D eigenvalue weighted by molar-refractivity contribution is 5.81. The Bertz CT molecular complexity index is 1050. The zero-order valence-corrected chi connectivity index (χ0v) is 13.3. The number of hydrogen-bond acceptors (Lipinski definition) is 4. The van der Waals surface area contributed by atoms with Crippen LogP contribution in [0.5, 0.6) is 0 Å². The first-order valence-corrected chi connectivity index (χ1v) is 7.60. The van der Waals surface area contributed by atoms with Crippen LogP contribution in [-0.4, -0.2) is 24.5 Å². The average Bonchev–Trinajstić information content (AvgIpc) is 3.17. The van der Waals surface area contributed by atoms with Crippen LogP contribution in [0.1, 0.15) is 5.56 Å². The first-order valence-electron chi connectivity index (χ1n) is 7.60. The number of fused-ring (bicyclic) bond motifs is 1. The molecule has 1 N–H and O–H groups in total. The van der Waals surface area contributed by atoms with E-state index in [9.17, 15) is 8.78 Å². The van der Waals surface area contributed by atoms with E-state index < -0.39 is 11.6 Å². The fourth-order valence-electron chi connectivity index (χ4n) is 2.63. The maximum absolute atomic E-state index is 13.9. The van der Waals surface area contributed by atoms with E-state index in [4.69, 9.17) is 0 Å². The molecule has 0 bridgehead atoms. The van der Waals surface area contributed by atoms with Gasteiger partial charge in [-0.2, -0.15) is 10.2 Å². The molecule has 1 aromatic carbocycles. The Morgan fingerprint density at radius 1 is 1.08 bits per heavy atom. The van der Waals surface area contributed by atoms with Gasteiger partial charge in [0.15, 0.2) is 0 Å². The highest BCUT2D eigenvalue weighted by Crippen LogP contribution is 2.21. The zero-order valence-electron chi connectivity index (χ0n) is 13.3. The maximum Gasteiger partial charge on any atom is 0.132 e. The van der Waals surface area contributed by atoms with E-state index in [-0.39, 0.29) is 12.1 Å². The summed E-state index contributed by atoms with van der Waals surface area (Å²) in [5.74, 6) is -0.330. The molecule has 0 radical (unpaired) electrons. The molecule has 8 heteroatoms. The molecule has 25 heavy (non-hydrogen) atoms. The molecule has 0 aliphatic carbocycles. The van der Waals surface area contributed by atoms with Gasteiger partial charge in [0.1, 0.15) is 17.5 Å².